The molecule has 0 aliphatic carbocycles. The summed E-state index contributed by atoms with van der Waals surface area (Å²) in [5.74, 6) is -0.302. The van der Waals surface area contributed by atoms with Crippen LogP contribution in [0.5, 0.6) is 0 Å². The number of aromatic nitrogens is 1. The van der Waals surface area contributed by atoms with E-state index in [0.717, 1.165) is 10.6 Å². The molecule has 5 nitrogen and oxygen atoms in total. The molecule has 1 N–H and O–H groups in total. The van der Waals surface area contributed by atoms with Crippen LogP contribution in [0.4, 0.5) is 0 Å². The predicted octanol–water partition coefficient (Wildman–Crippen LogP) is 2.12. The largest absolute Gasteiger partial charge is 0.351 e. The molecule has 3 heterocycles. The Hall–Kier alpha value is -2.21. The molecule has 1 atom stereocenters. The molecule has 6 heteroatoms. The Kier molecular flexibility index (Phi) is 4.71. The summed E-state index contributed by atoms with van der Waals surface area (Å²) in [5.41, 5.74) is 2.03. The number of hydrogen-bond acceptors (Lipinski definition) is 4. The lowest BCUT2D eigenvalue weighted by molar-refractivity contribution is -0.129. The van der Waals surface area contributed by atoms with Crippen molar-refractivity contribution in [1.29, 1.82) is 0 Å². The number of carbonyl (C=O) groups excluding carboxylic acids is 2. The molecular weight excluding hydrogens is 310 g/mol. The third kappa shape index (κ3) is 3.76. The summed E-state index contributed by atoms with van der Waals surface area (Å²) < 4.78 is 0. The number of hydrogen-bond donors (Lipinski definition) is 1. The van der Waals surface area contributed by atoms with Gasteiger partial charge < -0.3 is 10.2 Å². The molecule has 0 spiro atoms. The van der Waals surface area contributed by atoms with Crippen LogP contribution in [-0.4, -0.2) is 28.2 Å². The van der Waals surface area contributed by atoms with Gasteiger partial charge in [0.25, 0.3) is 0 Å². The van der Waals surface area contributed by atoms with Gasteiger partial charge in [0.2, 0.25) is 11.8 Å². The standard InChI is InChI=1S/C17H19N3O2S/c1-12-5-7-23-15(12)9-19-17(22)13-8-16(21)20(10-13)11-14-4-2-3-6-18-14/h2-7,13H,8-11H2,1H3,(H,19,22)/t13-/m0/s1. The van der Waals surface area contributed by atoms with E-state index < -0.39 is 0 Å². The number of carbonyl (C=O) groups is 2. The Bertz CT molecular complexity index is 699. The Labute approximate surface area is 139 Å². The van der Waals surface area contributed by atoms with Crippen molar-refractivity contribution in [2.75, 3.05) is 6.54 Å². The third-order valence-electron chi connectivity index (χ3n) is 4.06. The molecule has 3 rings (SSSR count). The Morgan fingerprint density at radius 1 is 1.43 bits per heavy atom. The second kappa shape index (κ2) is 6.91. The molecule has 1 saturated heterocycles. The highest BCUT2D eigenvalue weighted by Gasteiger charge is 2.34. The molecule has 0 bridgehead atoms. The zero-order valence-electron chi connectivity index (χ0n) is 13.0. The fourth-order valence-electron chi connectivity index (χ4n) is 2.68. The number of aryl methyl sites for hydroxylation is 1. The molecule has 1 aliphatic rings. The lowest BCUT2D eigenvalue weighted by Crippen LogP contribution is -2.32. The first-order valence-electron chi connectivity index (χ1n) is 7.62. The molecule has 2 amide bonds. The van der Waals surface area contributed by atoms with E-state index in [2.05, 4.69) is 10.3 Å². The number of thiophene rings is 1. The summed E-state index contributed by atoms with van der Waals surface area (Å²) in [4.78, 5) is 31.5. The number of nitrogens with one attached hydrogen (secondary N) is 1. The summed E-state index contributed by atoms with van der Waals surface area (Å²) in [6.45, 7) is 3.50. The van der Waals surface area contributed by atoms with Crippen molar-refractivity contribution in [3.63, 3.8) is 0 Å². The van der Waals surface area contributed by atoms with Crippen molar-refractivity contribution in [3.05, 3.63) is 52.0 Å². The average molecular weight is 329 g/mol. The molecule has 0 aromatic carbocycles. The van der Waals surface area contributed by atoms with Gasteiger partial charge in [0.05, 0.1) is 24.7 Å². The van der Waals surface area contributed by atoms with Crippen LogP contribution < -0.4 is 5.32 Å². The van der Waals surface area contributed by atoms with Gasteiger partial charge in [0.1, 0.15) is 0 Å². The highest BCUT2D eigenvalue weighted by molar-refractivity contribution is 7.10. The van der Waals surface area contributed by atoms with Gasteiger partial charge in [0, 0.05) is 24.0 Å². The fourth-order valence-corrected chi connectivity index (χ4v) is 3.53. The van der Waals surface area contributed by atoms with E-state index in [1.54, 1.807) is 22.4 Å². The van der Waals surface area contributed by atoms with E-state index in [4.69, 9.17) is 0 Å². The maximum absolute atomic E-state index is 12.3. The average Bonchev–Trinajstić information content (AvgIpc) is 3.12. The molecule has 1 fully saturated rings. The van der Waals surface area contributed by atoms with Crippen LogP contribution >= 0.6 is 11.3 Å². The normalized spacial score (nSPS) is 17.5. The van der Waals surface area contributed by atoms with Crippen LogP contribution in [0.3, 0.4) is 0 Å². The molecule has 120 valence electrons. The Balaban J connectivity index is 1.54. The molecule has 0 radical (unpaired) electrons. The van der Waals surface area contributed by atoms with Crippen LogP contribution in [0.15, 0.2) is 35.8 Å². The SMILES string of the molecule is Cc1ccsc1CNC(=O)[C@H]1CC(=O)N(Cc2ccccn2)C1. The van der Waals surface area contributed by atoms with Crippen molar-refractivity contribution in [2.45, 2.75) is 26.4 Å². The number of pyridine rings is 1. The predicted molar refractivity (Wildman–Crippen MR) is 88.7 cm³/mol. The van der Waals surface area contributed by atoms with E-state index in [1.165, 1.54) is 5.56 Å². The zero-order chi connectivity index (χ0) is 16.2. The number of amides is 2. The van der Waals surface area contributed by atoms with Gasteiger partial charge in [-0.15, -0.1) is 11.3 Å². The maximum atomic E-state index is 12.3. The monoisotopic (exact) mass is 329 g/mol. The maximum Gasteiger partial charge on any atom is 0.225 e. The quantitative estimate of drug-likeness (QED) is 0.914. The first-order valence-corrected chi connectivity index (χ1v) is 8.50. The number of nitrogens with zero attached hydrogens (tertiary/aromatic N) is 2. The van der Waals surface area contributed by atoms with Crippen molar-refractivity contribution in [1.82, 2.24) is 15.2 Å². The van der Waals surface area contributed by atoms with E-state index in [1.807, 2.05) is 36.6 Å². The molecular formula is C17H19N3O2S. The van der Waals surface area contributed by atoms with Gasteiger partial charge in [-0.25, -0.2) is 0 Å². The Morgan fingerprint density at radius 3 is 3.00 bits per heavy atom. The lowest BCUT2D eigenvalue weighted by atomic mass is 10.1. The van der Waals surface area contributed by atoms with Crippen molar-refractivity contribution >= 4 is 23.2 Å². The van der Waals surface area contributed by atoms with Gasteiger partial charge >= 0.3 is 0 Å². The van der Waals surface area contributed by atoms with Crippen LogP contribution in [0.1, 0.15) is 22.6 Å². The summed E-state index contributed by atoms with van der Waals surface area (Å²) in [6.07, 6.45) is 1.99. The van der Waals surface area contributed by atoms with Crippen LogP contribution in [-0.2, 0) is 22.7 Å². The van der Waals surface area contributed by atoms with Crippen molar-refractivity contribution < 1.29 is 9.59 Å². The molecule has 2 aromatic rings. The number of likely N-dealkylation sites (tertiary alicyclic amines) is 1. The van der Waals surface area contributed by atoms with Crippen molar-refractivity contribution in [3.8, 4) is 0 Å². The van der Waals surface area contributed by atoms with Gasteiger partial charge in [-0.2, -0.15) is 0 Å². The van der Waals surface area contributed by atoms with E-state index in [-0.39, 0.29) is 24.2 Å². The first kappa shape index (κ1) is 15.7. The molecule has 0 unspecified atom stereocenters. The molecule has 2 aromatic heterocycles. The number of rotatable bonds is 5. The third-order valence-corrected chi connectivity index (χ3v) is 5.08. The second-order valence-electron chi connectivity index (χ2n) is 5.74. The molecule has 0 saturated carbocycles. The van der Waals surface area contributed by atoms with Gasteiger partial charge in [-0.3, -0.25) is 14.6 Å². The highest BCUT2D eigenvalue weighted by Crippen LogP contribution is 2.21. The summed E-state index contributed by atoms with van der Waals surface area (Å²) >= 11 is 1.64. The van der Waals surface area contributed by atoms with E-state index in [9.17, 15) is 9.59 Å². The van der Waals surface area contributed by atoms with E-state index >= 15 is 0 Å². The van der Waals surface area contributed by atoms with Crippen molar-refractivity contribution in [2.24, 2.45) is 5.92 Å². The minimum Gasteiger partial charge on any atom is -0.351 e. The van der Waals surface area contributed by atoms with Crippen LogP contribution in [0.25, 0.3) is 0 Å². The van der Waals surface area contributed by atoms with Crippen LogP contribution in [0.2, 0.25) is 0 Å². The first-order chi connectivity index (χ1) is 11.1. The Morgan fingerprint density at radius 2 is 2.30 bits per heavy atom. The van der Waals surface area contributed by atoms with Crippen LogP contribution in [0, 0.1) is 12.8 Å². The summed E-state index contributed by atoms with van der Waals surface area (Å²) in [5, 5.41) is 4.97. The summed E-state index contributed by atoms with van der Waals surface area (Å²) in [6, 6.07) is 7.68. The smallest absolute Gasteiger partial charge is 0.225 e. The highest BCUT2D eigenvalue weighted by atomic mass is 32.1. The zero-order valence-corrected chi connectivity index (χ0v) is 13.8. The molecule has 23 heavy (non-hydrogen) atoms. The van der Waals surface area contributed by atoms with Gasteiger partial charge in [-0.05, 0) is 36.1 Å². The second-order valence-corrected chi connectivity index (χ2v) is 6.74. The topological polar surface area (TPSA) is 62.3 Å². The minimum atomic E-state index is -0.272. The fraction of sp³-hybridized carbons (Fsp3) is 0.353. The summed E-state index contributed by atoms with van der Waals surface area (Å²) in [7, 11) is 0. The minimum absolute atomic E-state index is 0.0168. The van der Waals surface area contributed by atoms with E-state index in [0.29, 0.717) is 19.6 Å². The molecule has 1 aliphatic heterocycles. The van der Waals surface area contributed by atoms with Gasteiger partial charge in [0.15, 0.2) is 0 Å². The van der Waals surface area contributed by atoms with Gasteiger partial charge in [-0.1, -0.05) is 6.07 Å². The lowest BCUT2D eigenvalue weighted by Gasteiger charge is -2.16.